The van der Waals surface area contributed by atoms with Gasteiger partial charge in [-0.1, -0.05) is 13.8 Å². The van der Waals surface area contributed by atoms with Crippen LogP contribution in [-0.4, -0.2) is 30.4 Å². The second kappa shape index (κ2) is 3.73. The maximum Gasteiger partial charge on any atom is 0.239 e. The van der Waals surface area contributed by atoms with Crippen LogP contribution in [-0.2, 0) is 14.8 Å². The van der Waals surface area contributed by atoms with Gasteiger partial charge in [0.05, 0.1) is 11.8 Å². The van der Waals surface area contributed by atoms with Crippen LogP contribution in [0.5, 0.6) is 0 Å². The molecule has 1 spiro atoms. The summed E-state index contributed by atoms with van der Waals surface area (Å²) in [4.78, 5) is 12.9. The van der Waals surface area contributed by atoms with Crippen molar-refractivity contribution < 1.29 is 13.2 Å². The number of sulfonamides is 1. The van der Waals surface area contributed by atoms with Crippen LogP contribution < -0.4 is 0 Å². The molecule has 4 saturated carbocycles. The lowest BCUT2D eigenvalue weighted by Gasteiger charge is -2.37. The van der Waals surface area contributed by atoms with Crippen LogP contribution in [0.3, 0.4) is 0 Å². The summed E-state index contributed by atoms with van der Waals surface area (Å²) in [6, 6.07) is -0.0424. The van der Waals surface area contributed by atoms with Crippen molar-refractivity contribution >= 4 is 15.9 Å². The molecule has 5 heteroatoms. The second-order valence-corrected chi connectivity index (χ2v) is 10.9. The molecule has 0 aromatic rings. The minimum absolute atomic E-state index is 0.0136. The number of nitrogens with zero attached hydrogens (tertiary/aromatic N) is 1. The van der Waals surface area contributed by atoms with E-state index in [0.717, 1.165) is 25.7 Å². The van der Waals surface area contributed by atoms with Crippen LogP contribution in [0.15, 0.2) is 0 Å². The van der Waals surface area contributed by atoms with Gasteiger partial charge in [-0.25, -0.2) is 12.7 Å². The minimum atomic E-state index is -3.41. The summed E-state index contributed by atoms with van der Waals surface area (Å²) < 4.78 is 27.0. The van der Waals surface area contributed by atoms with E-state index in [1.54, 1.807) is 0 Å². The van der Waals surface area contributed by atoms with Crippen LogP contribution in [0.2, 0.25) is 0 Å². The van der Waals surface area contributed by atoms with Crippen molar-refractivity contribution in [2.24, 2.45) is 34.5 Å². The number of fused-ring (bicyclic) bond motifs is 1. The Labute approximate surface area is 132 Å². The molecule has 2 bridgehead atoms. The molecule has 0 radical (unpaired) electrons. The Hall–Kier alpha value is -0.580. The summed E-state index contributed by atoms with van der Waals surface area (Å²) in [5.74, 6) is 1.96. The zero-order chi connectivity index (χ0) is 15.5. The number of carbonyl (C=O) groups excluding carboxylic acids is 1. The summed E-state index contributed by atoms with van der Waals surface area (Å²) in [5.41, 5.74) is -0.116. The molecule has 4 aliphatic carbocycles. The van der Waals surface area contributed by atoms with Gasteiger partial charge in [0.2, 0.25) is 15.9 Å². The van der Waals surface area contributed by atoms with Gasteiger partial charge in [-0.3, -0.25) is 4.79 Å². The van der Waals surface area contributed by atoms with Crippen molar-refractivity contribution in [2.75, 3.05) is 5.75 Å². The highest BCUT2D eigenvalue weighted by atomic mass is 32.2. The third kappa shape index (κ3) is 1.45. The van der Waals surface area contributed by atoms with Crippen molar-refractivity contribution in [2.45, 2.75) is 58.4 Å². The Morgan fingerprint density at radius 2 is 1.86 bits per heavy atom. The molecule has 0 unspecified atom stereocenters. The monoisotopic (exact) mass is 323 g/mol. The molecular weight excluding hydrogens is 298 g/mol. The highest BCUT2D eigenvalue weighted by Crippen LogP contribution is 2.70. The first-order valence-corrected chi connectivity index (χ1v) is 10.4. The van der Waals surface area contributed by atoms with E-state index in [2.05, 4.69) is 13.8 Å². The summed E-state index contributed by atoms with van der Waals surface area (Å²) in [7, 11) is -3.41. The lowest BCUT2D eigenvalue weighted by molar-refractivity contribution is -0.130. The number of rotatable bonds is 2. The average molecular weight is 323 g/mol. The van der Waals surface area contributed by atoms with Crippen molar-refractivity contribution in [3.8, 4) is 0 Å². The molecule has 0 aromatic heterocycles. The Kier molecular flexibility index (Phi) is 2.35. The van der Waals surface area contributed by atoms with E-state index in [0.29, 0.717) is 17.8 Å². The van der Waals surface area contributed by atoms with Gasteiger partial charge in [-0.05, 0) is 61.7 Å². The second-order valence-electron chi connectivity index (χ2n) is 9.10. The zero-order valence-electron chi connectivity index (χ0n) is 13.4. The van der Waals surface area contributed by atoms with Gasteiger partial charge in [0.15, 0.2) is 0 Å². The van der Waals surface area contributed by atoms with E-state index >= 15 is 0 Å². The number of carbonyl (C=O) groups is 1. The van der Waals surface area contributed by atoms with E-state index in [-0.39, 0.29) is 34.4 Å². The van der Waals surface area contributed by atoms with Gasteiger partial charge < -0.3 is 0 Å². The summed E-state index contributed by atoms with van der Waals surface area (Å²) >= 11 is 0. The van der Waals surface area contributed by atoms with Crippen LogP contribution in [0.25, 0.3) is 0 Å². The molecule has 22 heavy (non-hydrogen) atoms. The quantitative estimate of drug-likeness (QED) is 0.784. The molecule has 1 amide bonds. The van der Waals surface area contributed by atoms with Crippen LogP contribution in [0.1, 0.15) is 52.4 Å². The lowest BCUT2D eigenvalue weighted by atomic mass is 9.69. The Morgan fingerprint density at radius 1 is 1.14 bits per heavy atom. The largest absolute Gasteiger partial charge is 0.273 e. The van der Waals surface area contributed by atoms with Gasteiger partial charge in [-0.15, -0.1) is 0 Å². The molecule has 5 rings (SSSR count). The predicted molar refractivity (Wildman–Crippen MR) is 82.3 cm³/mol. The molecule has 1 aliphatic heterocycles. The van der Waals surface area contributed by atoms with Crippen molar-refractivity contribution in [3.63, 3.8) is 0 Å². The van der Waals surface area contributed by atoms with Crippen molar-refractivity contribution in [3.05, 3.63) is 0 Å². The zero-order valence-corrected chi connectivity index (χ0v) is 14.2. The molecular formula is C17H25NO3S. The first-order valence-electron chi connectivity index (χ1n) is 8.84. The standard InChI is InChI=1S/C17H25NO3S/c1-16(2)11-5-6-17(16)9-22(20,21)18(14(17)7-11)15(19)13-8-12(13)10-3-4-10/h10-14H,3-9H2,1-2H3/t11-,12+,13-,14-,17-/m1/s1. The molecule has 1 heterocycles. The van der Waals surface area contributed by atoms with E-state index in [1.807, 2.05) is 0 Å². The van der Waals surface area contributed by atoms with E-state index in [9.17, 15) is 13.2 Å². The Morgan fingerprint density at radius 3 is 2.50 bits per heavy atom. The van der Waals surface area contributed by atoms with Gasteiger partial charge in [0.1, 0.15) is 0 Å². The molecule has 0 N–H and O–H groups in total. The maximum absolute atomic E-state index is 12.9. The smallest absolute Gasteiger partial charge is 0.239 e. The molecule has 5 atom stereocenters. The van der Waals surface area contributed by atoms with Gasteiger partial charge >= 0.3 is 0 Å². The third-order valence-electron chi connectivity index (χ3n) is 8.01. The first-order chi connectivity index (χ1) is 10.3. The normalized spacial score (nSPS) is 50.2. The third-order valence-corrected chi connectivity index (χ3v) is 9.93. The molecule has 1 saturated heterocycles. The minimum Gasteiger partial charge on any atom is -0.273 e. The molecule has 0 aromatic carbocycles. The van der Waals surface area contributed by atoms with Crippen molar-refractivity contribution in [1.82, 2.24) is 4.31 Å². The van der Waals surface area contributed by atoms with Crippen LogP contribution in [0.4, 0.5) is 0 Å². The van der Waals surface area contributed by atoms with E-state index < -0.39 is 10.0 Å². The summed E-state index contributed by atoms with van der Waals surface area (Å²) in [6.45, 7) is 4.47. The van der Waals surface area contributed by atoms with E-state index in [1.165, 1.54) is 17.1 Å². The molecule has 122 valence electrons. The van der Waals surface area contributed by atoms with Crippen molar-refractivity contribution in [1.29, 1.82) is 0 Å². The fraction of sp³-hybridized carbons (Fsp3) is 0.941. The molecule has 5 aliphatic rings. The van der Waals surface area contributed by atoms with Crippen LogP contribution >= 0.6 is 0 Å². The van der Waals surface area contributed by atoms with Gasteiger partial charge in [0.25, 0.3) is 0 Å². The fourth-order valence-corrected chi connectivity index (χ4v) is 8.87. The first kappa shape index (κ1) is 13.8. The number of amides is 1. The van der Waals surface area contributed by atoms with E-state index in [4.69, 9.17) is 0 Å². The Balaban J connectivity index is 1.50. The average Bonchev–Trinajstić information content (AvgIpc) is 3.30. The molecule has 5 fully saturated rings. The highest BCUT2D eigenvalue weighted by molar-refractivity contribution is 7.90. The molecule has 4 nitrogen and oxygen atoms in total. The van der Waals surface area contributed by atoms with Gasteiger partial charge in [0, 0.05) is 11.3 Å². The topological polar surface area (TPSA) is 54.5 Å². The SMILES string of the molecule is CC1(C)[C@@H]2CC[C@]13CS(=O)(=O)N(C(=O)[C@@H]1C[C@H]1C1CC1)[C@@H]3C2. The predicted octanol–water partition coefficient (Wildman–Crippen LogP) is 2.40. The summed E-state index contributed by atoms with van der Waals surface area (Å²) in [6.07, 6.45) is 6.43. The Bertz CT molecular complexity index is 665. The number of hydrogen-bond acceptors (Lipinski definition) is 3. The highest BCUT2D eigenvalue weighted by Gasteiger charge is 2.73. The summed E-state index contributed by atoms with van der Waals surface area (Å²) in [5, 5.41) is 0. The lowest BCUT2D eigenvalue weighted by Crippen LogP contribution is -2.44. The van der Waals surface area contributed by atoms with Crippen LogP contribution in [0, 0.1) is 34.5 Å². The fourth-order valence-electron chi connectivity index (χ4n) is 6.29. The van der Waals surface area contributed by atoms with Gasteiger partial charge in [-0.2, -0.15) is 0 Å². The number of hydrogen-bond donors (Lipinski definition) is 0. The maximum atomic E-state index is 12.9.